The van der Waals surface area contributed by atoms with Gasteiger partial charge in [0.15, 0.2) is 0 Å². The Hall–Kier alpha value is -1.66. The Morgan fingerprint density at radius 3 is 1.26 bits per heavy atom. The average Bonchev–Trinajstić information content (AvgIpc) is 3.27. The maximum Gasteiger partial charge on any atom is 0.305 e. The van der Waals surface area contributed by atoms with Gasteiger partial charge in [-0.15, -0.1) is 0 Å². The van der Waals surface area contributed by atoms with E-state index in [0.29, 0.717) is 25.9 Å². The van der Waals surface area contributed by atoms with Crippen LogP contribution in [0.25, 0.3) is 0 Å². The van der Waals surface area contributed by atoms with Crippen molar-refractivity contribution in [2.75, 3.05) is 13.2 Å². The van der Waals surface area contributed by atoms with Crippen LogP contribution in [0.1, 0.15) is 296 Å². The normalized spacial score (nSPS) is 12.8. The molecule has 0 saturated carbocycles. The number of rotatable bonds is 51. The van der Waals surface area contributed by atoms with Crippen molar-refractivity contribution in [3.63, 3.8) is 0 Å². The summed E-state index contributed by atoms with van der Waals surface area (Å²) in [5.74, 6) is -0.0505. The lowest BCUT2D eigenvalue weighted by Gasteiger charge is -2.22. The van der Waals surface area contributed by atoms with E-state index in [1.165, 1.54) is 205 Å². The molecule has 0 spiro atoms. The standard InChI is InChI=1S/C56H107NO5/c1-3-5-7-9-11-13-15-17-18-19-22-26-30-34-38-42-46-50-56(61)62-51-47-43-39-35-31-27-23-20-21-25-29-33-37-41-45-49-55(60)57-53(52-58)54(59)48-44-40-36-32-28-24-16-14-12-10-8-6-4-2/h11,13,17-18,53-54,58-59H,3-10,12,14-16,19-52H2,1-2H3,(H,57,60)/b13-11-,18-17-. The van der Waals surface area contributed by atoms with Crippen molar-refractivity contribution in [3.8, 4) is 0 Å². The molecular weight excluding hydrogens is 767 g/mol. The number of allylic oxidation sites excluding steroid dienone is 4. The molecule has 0 aliphatic heterocycles. The zero-order valence-corrected chi connectivity index (χ0v) is 41.6. The number of esters is 1. The quantitative estimate of drug-likeness (QED) is 0.0321. The second-order valence-electron chi connectivity index (χ2n) is 18.9. The molecule has 366 valence electrons. The average molecular weight is 874 g/mol. The van der Waals surface area contributed by atoms with Crippen LogP contribution in [-0.4, -0.2) is 47.4 Å². The summed E-state index contributed by atoms with van der Waals surface area (Å²) >= 11 is 0. The van der Waals surface area contributed by atoms with Crippen molar-refractivity contribution in [1.29, 1.82) is 0 Å². The van der Waals surface area contributed by atoms with Gasteiger partial charge in [-0.25, -0.2) is 0 Å². The van der Waals surface area contributed by atoms with Gasteiger partial charge in [0.25, 0.3) is 0 Å². The molecule has 62 heavy (non-hydrogen) atoms. The Bertz CT molecular complexity index is 966. The van der Waals surface area contributed by atoms with Gasteiger partial charge in [0.05, 0.1) is 25.4 Å². The summed E-state index contributed by atoms with van der Waals surface area (Å²) in [5, 5.41) is 23.2. The molecule has 1 amide bonds. The molecule has 0 fully saturated rings. The van der Waals surface area contributed by atoms with E-state index in [4.69, 9.17) is 4.74 Å². The van der Waals surface area contributed by atoms with Crippen molar-refractivity contribution in [1.82, 2.24) is 5.32 Å². The minimum atomic E-state index is -0.669. The Morgan fingerprint density at radius 1 is 0.452 bits per heavy atom. The molecule has 0 radical (unpaired) electrons. The van der Waals surface area contributed by atoms with Gasteiger partial charge in [0, 0.05) is 12.8 Å². The summed E-state index contributed by atoms with van der Waals surface area (Å²) in [4.78, 5) is 24.5. The van der Waals surface area contributed by atoms with Crippen molar-refractivity contribution in [2.24, 2.45) is 0 Å². The fraction of sp³-hybridized carbons (Fsp3) is 0.893. The monoisotopic (exact) mass is 874 g/mol. The fourth-order valence-corrected chi connectivity index (χ4v) is 8.49. The first kappa shape index (κ1) is 60.3. The van der Waals surface area contributed by atoms with E-state index in [1.54, 1.807) is 0 Å². The Labute approximate surface area is 386 Å². The summed E-state index contributed by atoms with van der Waals surface area (Å²) < 4.78 is 5.47. The molecule has 6 nitrogen and oxygen atoms in total. The number of aliphatic hydroxyl groups excluding tert-OH is 2. The SMILES string of the molecule is CCCCC/C=C\C/C=C\CCCCCCCCCC(=O)OCCCCCCCCCCCCCCCCCC(=O)NC(CO)C(O)CCCCCCCCCCCCCCC. The number of nitrogens with one attached hydrogen (secondary N) is 1. The molecule has 6 heteroatoms. The van der Waals surface area contributed by atoms with Crippen LogP contribution in [0.15, 0.2) is 24.3 Å². The van der Waals surface area contributed by atoms with Crippen molar-refractivity contribution < 1.29 is 24.5 Å². The van der Waals surface area contributed by atoms with Crippen LogP contribution in [0.3, 0.4) is 0 Å². The number of ether oxygens (including phenoxy) is 1. The van der Waals surface area contributed by atoms with Gasteiger partial charge >= 0.3 is 5.97 Å². The zero-order valence-electron chi connectivity index (χ0n) is 41.6. The number of amides is 1. The smallest absolute Gasteiger partial charge is 0.305 e. The number of hydrogen-bond donors (Lipinski definition) is 3. The molecule has 0 aliphatic rings. The lowest BCUT2D eigenvalue weighted by atomic mass is 10.0. The largest absolute Gasteiger partial charge is 0.466 e. The number of unbranched alkanes of at least 4 members (excludes halogenated alkanes) is 36. The van der Waals surface area contributed by atoms with Crippen LogP contribution in [0.4, 0.5) is 0 Å². The van der Waals surface area contributed by atoms with Crippen LogP contribution in [0, 0.1) is 0 Å². The molecule has 0 aromatic heterocycles. The van der Waals surface area contributed by atoms with Crippen molar-refractivity contribution >= 4 is 11.9 Å². The second-order valence-corrected chi connectivity index (χ2v) is 18.9. The predicted molar refractivity (Wildman–Crippen MR) is 269 cm³/mol. The highest BCUT2D eigenvalue weighted by Gasteiger charge is 2.20. The number of carbonyl (C=O) groups is 2. The molecule has 2 atom stereocenters. The van der Waals surface area contributed by atoms with Gasteiger partial charge in [-0.05, 0) is 57.8 Å². The minimum Gasteiger partial charge on any atom is -0.466 e. The summed E-state index contributed by atoms with van der Waals surface area (Å²) in [6, 6.07) is -0.547. The van der Waals surface area contributed by atoms with Gasteiger partial charge in [0.1, 0.15) is 0 Å². The van der Waals surface area contributed by atoms with Crippen LogP contribution < -0.4 is 5.32 Å². The first-order valence-corrected chi connectivity index (χ1v) is 27.6. The fourth-order valence-electron chi connectivity index (χ4n) is 8.49. The molecule has 0 aromatic rings. The Morgan fingerprint density at radius 2 is 0.806 bits per heavy atom. The summed E-state index contributed by atoms with van der Waals surface area (Å²) in [6.45, 7) is 4.91. The number of aliphatic hydroxyl groups is 2. The highest BCUT2D eigenvalue weighted by molar-refractivity contribution is 5.76. The highest BCUT2D eigenvalue weighted by Crippen LogP contribution is 2.17. The van der Waals surface area contributed by atoms with E-state index in [1.807, 2.05) is 0 Å². The van der Waals surface area contributed by atoms with Gasteiger partial charge in [-0.3, -0.25) is 9.59 Å². The predicted octanol–water partition coefficient (Wildman–Crippen LogP) is 16.7. The van der Waals surface area contributed by atoms with E-state index < -0.39 is 12.1 Å². The molecule has 0 aliphatic carbocycles. The lowest BCUT2D eigenvalue weighted by Crippen LogP contribution is -2.45. The minimum absolute atomic E-state index is 0.00697. The maximum atomic E-state index is 12.4. The molecular formula is C56H107NO5. The number of hydrogen-bond acceptors (Lipinski definition) is 5. The summed E-state index contributed by atoms with van der Waals surface area (Å²) in [7, 11) is 0. The zero-order chi connectivity index (χ0) is 45.1. The van der Waals surface area contributed by atoms with Gasteiger partial charge in [0.2, 0.25) is 5.91 Å². The van der Waals surface area contributed by atoms with Crippen LogP contribution in [0.5, 0.6) is 0 Å². The van der Waals surface area contributed by atoms with Crippen LogP contribution in [0.2, 0.25) is 0 Å². The van der Waals surface area contributed by atoms with Gasteiger partial charge < -0.3 is 20.3 Å². The molecule has 0 rings (SSSR count). The third-order valence-corrected chi connectivity index (χ3v) is 12.8. The van der Waals surface area contributed by atoms with Crippen molar-refractivity contribution in [2.45, 2.75) is 309 Å². The van der Waals surface area contributed by atoms with E-state index in [-0.39, 0.29) is 18.5 Å². The molecule has 0 saturated heterocycles. The topological polar surface area (TPSA) is 95.9 Å². The van der Waals surface area contributed by atoms with Gasteiger partial charge in [-0.2, -0.15) is 0 Å². The lowest BCUT2D eigenvalue weighted by molar-refractivity contribution is -0.143. The maximum absolute atomic E-state index is 12.4. The van der Waals surface area contributed by atoms with Crippen LogP contribution >= 0.6 is 0 Å². The van der Waals surface area contributed by atoms with E-state index in [0.717, 1.165) is 57.8 Å². The first-order chi connectivity index (χ1) is 30.5. The Balaban J connectivity index is 3.42. The summed E-state index contributed by atoms with van der Waals surface area (Å²) in [6.07, 6.45) is 61.5. The first-order valence-electron chi connectivity index (χ1n) is 27.6. The number of carbonyl (C=O) groups excluding carboxylic acids is 2. The van der Waals surface area contributed by atoms with Crippen molar-refractivity contribution in [3.05, 3.63) is 24.3 Å². The van der Waals surface area contributed by atoms with Crippen LogP contribution in [-0.2, 0) is 14.3 Å². The molecule has 3 N–H and O–H groups in total. The van der Waals surface area contributed by atoms with Gasteiger partial charge in [-0.1, -0.05) is 250 Å². The third-order valence-electron chi connectivity index (χ3n) is 12.8. The van der Waals surface area contributed by atoms with E-state index in [9.17, 15) is 19.8 Å². The Kier molecular flexibility index (Phi) is 50.6. The highest BCUT2D eigenvalue weighted by atomic mass is 16.5. The van der Waals surface area contributed by atoms with E-state index in [2.05, 4.69) is 43.5 Å². The molecule has 0 aromatic carbocycles. The summed E-state index contributed by atoms with van der Waals surface area (Å²) in [5.41, 5.74) is 0. The third kappa shape index (κ3) is 47.8. The van der Waals surface area contributed by atoms with E-state index >= 15 is 0 Å². The molecule has 2 unspecified atom stereocenters. The molecule has 0 heterocycles. The second kappa shape index (κ2) is 52.0. The molecule has 0 bridgehead atoms.